The molecule has 0 amide bonds. The first-order chi connectivity index (χ1) is 10.8. The maximum atomic E-state index is 12.1. The van der Waals surface area contributed by atoms with E-state index in [1.54, 1.807) is 22.7 Å². The van der Waals surface area contributed by atoms with E-state index in [9.17, 15) is 9.90 Å². The molecule has 112 valence electrons. The van der Waals surface area contributed by atoms with E-state index in [1.807, 2.05) is 35.0 Å². The minimum absolute atomic E-state index is 0.0407. The molecule has 7 heteroatoms. The van der Waals surface area contributed by atoms with Crippen molar-refractivity contribution in [3.63, 3.8) is 0 Å². The number of hydrogen-bond acceptors (Lipinski definition) is 6. The third-order valence-electron chi connectivity index (χ3n) is 4.12. The van der Waals surface area contributed by atoms with E-state index < -0.39 is 11.9 Å². The molecule has 3 atom stereocenters. The number of carboxylic acids is 1. The monoisotopic (exact) mass is 348 g/mol. The molecule has 0 aromatic carbocycles. The van der Waals surface area contributed by atoms with Crippen LogP contribution in [0.4, 0.5) is 0 Å². The molecule has 0 spiro atoms. The van der Waals surface area contributed by atoms with Crippen LogP contribution in [0.1, 0.15) is 32.2 Å². The summed E-state index contributed by atoms with van der Waals surface area (Å²) >= 11 is 4.57. The molecule has 4 rings (SSSR count). The van der Waals surface area contributed by atoms with Gasteiger partial charge in [0.25, 0.3) is 0 Å². The Bertz CT molecular complexity index is 780. The Morgan fingerprint density at radius 2 is 1.91 bits per heavy atom. The highest BCUT2D eigenvalue weighted by Crippen LogP contribution is 2.50. The van der Waals surface area contributed by atoms with Gasteiger partial charge in [-0.2, -0.15) is 0 Å². The van der Waals surface area contributed by atoms with E-state index in [0.29, 0.717) is 6.42 Å². The van der Waals surface area contributed by atoms with Crippen LogP contribution >= 0.6 is 34.2 Å². The molecule has 1 aliphatic rings. The second-order valence-corrected chi connectivity index (χ2v) is 8.01. The molecular weight excluding hydrogens is 336 g/mol. The van der Waals surface area contributed by atoms with Crippen molar-refractivity contribution in [1.29, 1.82) is 0 Å². The van der Waals surface area contributed by atoms with Crippen molar-refractivity contribution in [3.05, 3.63) is 55.4 Å². The van der Waals surface area contributed by atoms with Crippen molar-refractivity contribution in [2.75, 3.05) is 0 Å². The van der Waals surface area contributed by atoms with E-state index in [1.165, 1.54) is 11.5 Å². The average molecular weight is 348 g/mol. The van der Waals surface area contributed by atoms with Crippen LogP contribution in [0, 0.1) is 5.92 Å². The maximum Gasteiger partial charge on any atom is 0.308 e. The molecule has 4 nitrogen and oxygen atoms in total. The molecule has 0 fully saturated rings. The number of rotatable bonds is 3. The van der Waals surface area contributed by atoms with Crippen molar-refractivity contribution in [1.82, 2.24) is 9.59 Å². The van der Waals surface area contributed by atoms with Crippen LogP contribution < -0.4 is 0 Å². The van der Waals surface area contributed by atoms with Gasteiger partial charge in [-0.05, 0) is 34.4 Å². The zero-order chi connectivity index (χ0) is 15.1. The molecule has 0 aliphatic heterocycles. The van der Waals surface area contributed by atoms with Crippen LogP contribution in [0.2, 0.25) is 0 Å². The second-order valence-electron chi connectivity index (χ2n) is 5.27. The van der Waals surface area contributed by atoms with E-state index in [4.69, 9.17) is 0 Å². The lowest BCUT2D eigenvalue weighted by Gasteiger charge is -2.33. The number of aromatic nitrogens is 2. The van der Waals surface area contributed by atoms with Crippen molar-refractivity contribution in [2.45, 2.75) is 18.3 Å². The van der Waals surface area contributed by atoms with E-state index in [0.717, 1.165) is 20.3 Å². The standard InChI is InChI=1S/C15H12N2O2S3/c18-15(19)12-8(10-3-1-5-20-10)7-9-14(22-17-16-9)13(12)11-4-2-6-21-11/h1-6,8,12-13H,7H2,(H,18,19). The highest BCUT2D eigenvalue weighted by molar-refractivity contribution is 7.10. The minimum Gasteiger partial charge on any atom is -0.481 e. The second kappa shape index (κ2) is 5.57. The quantitative estimate of drug-likeness (QED) is 0.781. The summed E-state index contributed by atoms with van der Waals surface area (Å²) in [6.45, 7) is 0. The van der Waals surface area contributed by atoms with Gasteiger partial charge in [-0.1, -0.05) is 16.6 Å². The minimum atomic E-state index is -0.740. The summed E-state index contributed by atoms with van der Waals surface area (Å²) in [5, 5.41) is 18.2. The number of hydrogen-bond donors (Lipinski definition) is 1. The molecule has 1 N–H and O–H groups in total. The Balaban J connectivity index is 1.88. The zero-order valence-corrected chi connectivity index (χ0v) is 13.8. The highest BCUT2D eigenvalue weighted by atomic mass is 32.1. The van der Waals surface area contributed by atoms with Crippen molar-refractivity contribution >= 4 is 40.2 Å². The molecule has 1 aliphatic carbocycles. The molecule has 0 saturated heterocycles. The normalized spacial score (nSPS) is 24.1. The van der Waals surface area contributed by atoms with Crippen LogP contribution in [0.3, 0.4) is 0 Å². The van der Waals surface area contributed by atoms with Gasteiger partial charge in [0.05, 0.1) is 16.5 Å². The zero-order valence-electron chi connectivity index (χ0n) is 11.4. The predicted octanol–water partition coefficient (Wildman–Crippen LogP) is 3.83. The first-order valence-electron chi connectivity index (χ1n) is 6.86. The lowest BCUT2D eigenvalue weighted by Crippen LogP contribution is -2.33. The molecule has 0 saturated carbocycles. The third-order valence-corrected chi connectivity index (χ3v) is 6.93. The summed E-state index contributed by atoms with van der Waals surface area (Å²) in [5.74, 6) is -1.39. The number of aliphatic carboxylic acids is 1. The van der Waals surface area contributed by atoms with Crippen LogP contribution in [-0.4, -0.2) is 20.7 Å². The molecule has 3 unspecified atom stereocenters. The third kappa shape index (κ3) is 2.20. The van der Waals surface area contributed by atoms with Gasteiger partial charge in [0.1, 0.15) is 0 Å². The summed E-state index contributed by atoms with van der Waals surface area (Å²) in [4.78, 5) is 15.3. The Morgan fingerprint density at radius 3 is 2.55 bits per heavy atom. The van der Waals surface area contributed by atoms with Gasteiger partial charge in [0.2, 0.25) is 0 Å². The smallest absolute Gasteiger partial charge is 0.308 e. The Labute approximate surface area is 139 Å². The number of carbonyl (C=O) groups is 1. The lowest BCUT2D eigenvalue weighted by atomic mass is 9.72. The fourth-order valence-corrected chi connectivity index (χ4v) is 5.87. The number of fused-ring (bicyclic) bond motifs is 1. The average Bonchev–Trinajstić information content (AvgIpc) is 3.25. The Hall–Kier alpha value is -1.57. The molecule has 3 heterocycles. The molecule has 3 aromatic rings. The summed E-state index contributed by atoms with van der Waals surface area (Å²) in [5.41, 5.74) is 0.958. The van der Waals surface area contributed by atoms with Gasteiger partial charge in [0, 0.05) is 28.0 Å². The number of thiophene rings is 2. The summed E-state index contributed by atoms with van der Waals surface area (Å²) in [6, 6.07) is 8.00. The van der Waals surface area contributed by atoms with Crippen molar-refractivity contribution in [2.24, 2.45) is 5.92 Å². The summed E-state index contributed by atoms with van der Waals surface area (Å²) in [7, 11) is 0. The van der Waals surface area contributed by atoms with Gasteiger partial charge < -0.3 is 5.11 Å². The summed E-state index contributed by atoms with van der Waals surface area (Å²) in [6.07, 6.45) is 0.658. The van der Waals surface area contributed by atoms with Gasteiger partial charge in [-0.15, -0.1) is 27.8 Å². The maximum absolute atomic E-state index is 12.1. The predicted molar refractivity (Wildman–Crippen MR) is 88.0 cm³/mol. The van der Waals surface area contributed by atoms with E-state index in [-0.39, 0.29) is 11.8 Å². The lowest BCUT2D eigenvalue weighted by molar-refractivity contribution is -0.143. The molecular formula is C15H12N2O2S3. The fraction of sp³-hybridized carbons (Fsp3) is 0.267. The van der Waals surface area contributed by atoms with Gasteiger partial charge in [0.15, 0.2) is 0 Å². The van der Waals surface area contributed by atoms with Crippen LogP contribution in [-0.2, 0) is 11.2 Å². The SMILES string of the molecule is O=C(O)C1C(c2cccs2)Cc2nnsc2C1c1cccs1. The first-order valence-corrected chi connectivity index (χ1v) is 9.39. The Kier molecular flexibility index (Phi) is 3.56. The molecule has 22 heavy (non-hydrogen) atoms. The van der Waals surface area contributed by atoms with Crippen molar-refractivity contribution < 1.29 is 9.90 Å². The largest absolute Gasteiger partial charge is 0.481 e. The molecule has 0 radical (unpaired) electrons. The molecule has 3 aromatic heterocycles. The fourth-order valence-electron chi connectivity index (χ4n) is 3.19. The summed E-state index contributed by atoms with van der Waals surface area (Å²) < 4.78 is 4.08. The van der Waals surface area contributed by atoms with E-state index >= 15 is 0 Å². The molecule has 0 bridgehead atoms. The number of carboxylic acid groups (broad SMARTS) is 1. The van der Waals surface area contributed by atoms with Gasteiger partial charge in [-0.3, -0.25) is 4.79 Å². The van der Waals surface area contributed by atoms with Crippen LogP contribution in [0.25, 0.3) is 0 Å². The topological polar surface area (TPSA) is 63.1 Å². The first kappa shape index (κ1) is 14.0. The number of nitrogens with zero attached hydrogens (tertiary/aromatic N) is 2. The van der Waals surface area contributed by atoms with Crippen LogP contribution in [0.15, 0.2) is 35.0 Å². The van der Waals surface area contributed by atoms with Gasteiger partial charge in [-0.25, -0.2) is 0 Å². The highest BCUT2D eigenvalue weighted by Gasteiger charge is 2.45. The van der Waals surface area contributed by atoms with Crippen molar-refractivity contribution in [3.8, 4) is 0 Å². The van der Waals surface area contributed by atoms with Gasteiger partial charge >= 0.3 is 5.97 Å². The van der Waals surface area contributed by atoms with Crippen LogP contribution in [0.5, 0.6) is 0 Å². The van der Waals surface area contributed by atoms with E-state index in [2.05, 4.69) is 9.59 Å². The Morgan fingerprint density at radius 1 is 1.18 bits per heavy atom.